The van der Waals surface area contributed by atoms with Gasteiger partial charge in [-0.15, -0.1) is 0 Å². The first-order chi connectivity index (χ1) is 11.5. The van der Waals surface area contributed by atoms with Gasteiger partial charge in [0, 0.05) is 5.56 Å². The normalized spacial score (nSPS) is 15.6. The van der Waals surface area contributed by atoms with Crippen LogP contribution < -0.4 is 4.74 Å². The van der Waals surface area contributed by atoms with Gasteiger partial charge in [0.25, 0.3) is 0 Å². The number of aliphatic imine (C=N–C) groups is 1. The number of nitrogens with zero attached hydrogens (tertiary/aromatic N) is 1. The third-order valence-electron chi connectivity index (χ3n) is 3.15. The van der Waals surface area contributed by atoms with E-state index in [9.17, 15) is 13.6 Å². The monoisotopic (exact) mass is 349 g/mol. The summed E-state index contributed by atoms with van der Waals surface area (Å²) < 4.78 is 34.4. The Balaban J connectivity index is 1.97. The number of carbonyl (C=O) groups excluding carboxylic acids is 1. The lowest BCUT2D eigenvalue weighted by atomic mass is 10.1. The highest BCUT2D eigenvalue weighted by molar-refractivity contribution is 6.34. The van der Waals surface area contributed by atoms with Crippen LogP contribution in [0.15, 0.2) is 59.2 Å². The number of esters is 1. The number of hydrogen-bond donors (Lipinski definition) is 0. The summed E-state index contributed by atoms with van der Waals surface area (Å²) in [4.78, 5) is 16.1. The van der Waals surface area contributed by atoms with Crippen molar-refractivity contribution in [1.82, 2.24) is 0 Å². The predicted octanol–water partition coefficient (Wildman–Crippen LogP) is 4.29. The maximum Gasteiger partial charge on any atom is 0.387 e. The van der Waals surface area contributed by atoms with E-state index in [4.69, 9.17) is 16.3 Å². The zero-order valence-corrected chi connectivity index (χ0v) is 12.8. The fourth-order valence-corrected chi connectivity index (χ4v) is 2.33. The van der Waals surface area contributed by atoms with Crippen LogP contribution >= 0.6 is 11.6 Å². The first-order valence-corrected chi connectivity index (χ1v) is 7.23. The van der Waals surface area contributed by atoms with Crippen molar-refractivity contribution in [2.45, 2.75) is 6.61 Å². The summed E-state index contributed by atoms with van der Waals surface area (Å²) in [7, 11) is 0. The van der Waals surface area contributed by atoms with E-state index < -0.39 is 12.6 Å². The molecule has 0 unspecified atom stereocenters. The highest BCUT2D eigenvalue weighted by atomic mass is 35.5. The van der Waals surface area contributed by atoms with Crippen molar-refractivity contribution in [3.05, 3.63) is 70.4 Å². The lowest BCUT2D eigenvalue weighted by Crippen LogP contribution is -2.06. The molecule has 4 nitrogen and oxygen atoms in total. The Labute approximate surface area is 141 Å². The van der Waals surface area contributed by atoms with Crippen molar-refractivity contribution >= 4 is 29.5 Å². The summed E-state index contributed by atoms with van der Waals surface area (Å²) in [6.45, 7) is -2.97. The van der Waals surface area contributed by atoms with Crippen molar-refractivity contribution < 1.29 is 23.0 Å². The van der Waals surface area contributed by atoms with Crippen LogP contribution in [0.1, 0.15) is 11.1 Å². The van der Waals surface area contributed by atoms with E-state index in [0.717, 1.165) is 0 Å². The third kappa shape index (κ3) is 3.44. The number of rotatable bonds is 4. The van der Waals surface area contributed by atoms with Crippen LogP contribution in [-0.4, -0.2) is 18.5 Å². The predicted molar refractivity (Wildman–Crippen MR) is 85.1 cm³/mol. The van der Waals surface area contributed by atoms with Gasteiger partial charge in [-0.05, 0) is 24.3 Å². The quantitative estimate of drug-likeness (QED) is 0.611. The molecule has 0 fully saturated rings. The minimum absolute atomic E-state index is 0.0322. The highest BCUT2D eigenvalue weighted by Gasteiger charge is 2.25. The van der Waals surface area contributed by atoms with Crippen LogP contribution in [0.25, 0.3) is 6.08 Å². The first-order valence-electron chi connectivity index (χ1n) is 6.86. The SMILES string of the molecule is O=C1OC(c2ccccc2Cl)=N/C1=C\c1ccccc1OC(F)F. The number of halogens is 3. The van der Waals surface area contributed by atoms with Crippen LogP contribution in [0.4, 0.5) is 8.78 Å². The Morgan fingerprint density at radius 1 is 1.12 bits per heavy atom. The fraction of sp³-hybridized carbons (Fsp3) is 0.0588. The molecule has 0 N–H and O–H groups in total. The third-order valence-corrected chi connectivity index (χ3v) is 3.48. The Morgan fingerprint density at radius 2 is 1.83 bits per heavy atom. The van der Waals surface area contributed by atoms with Crippen molar-refractivity contribution in [3.8, 4) is 5.75 Å². The molecule has 0 aliphatic carbocycles. The topological polar surface area (TPSA) is 47.9 Å². The number of ether oxygens (including phenoxy) is 2. The van der Waals surface area contributed by atoms with E-state index in [1.54, 1.807) is 36.4 Å². The zero-order valence-electron chi connectivity index (χ0n) is 12.1. The van der Waals surface area contributed by atoms with E-state index >= 15 is 0 Å². The number of para-hydroxylation sites is 1. The van der Waals surface area contributed by atoms with Crippen LogP contribution in [0, 0.1) is 0 Å². The molecule has 3 rings (SSSR count). The molecular formula is C17H10ClF2NO3. The van der Waals surface area contributed by atoms with E-state index in [1.807, 2.05) is 0 Å². The Hall–Kier alpha value is -2.73. The number of alkyl halides is 2. The molecule has 2 aromatic carbocycles. The van der Waals surface area contributed by atoms with E-state index in [-0.39, 0.29) is 22.9 Å². The second-order valence-corrected chi connectivity index (χ2v) is 5.14. The van der Waals surface area contributed by atoms with Gasteiger partial charge >= 0.3 is 12.6 Å². The average Bonchev–Trinajstić information content (AvgIpc) is 2.90. The summed E-state index contributed by atoms with van der Waals surface area (Å²) in [5.41, 5.74) is 0.720. The van der Waals surface area contributed by atoms with Gasteiger partial charge in [0.15, 0.2) is 5.70 Å². The second-order valence-electron chi connectivity index (χ2n) is 4.73. The highest BCUT2D eigenvalue weighted by Crippen LogP contribution is 2.27. The number of carbonyl (C=O) groups is 1. The first kappa shape index (κ1) is 16.1. The Morgan fingerprint density at radius 3 is 2.58 bits per heavy atom. The van der Waals surface area contributed by atoms with Gasteiger partial charge in [0.05, 0.1) is 10.6 Å². The summed E-state index contributed by atoms with van der Waals surface area (Å²) in [5, 5.41) is 0.381. The maximum atomic E-state index is 12.4. The molecule has 0 bridgehead atoms. The Bertz CT molecular complexity index is 849. The molecule has 0 radical (unpaired) electrons. The van der Waals surface area contributed by atoms with Crippen molar-refractivity contribution in [3.63, 3.8) is 0 Å². The average molecular weight is 350 g/mol. The molecule has 0 saturated carbocycles. The number of benzene rings is 2. The van der Waals surface area contributed by atoms with E-state index in [1.165, 1.54) is 18.2 Å². The van der Waals surface area contributed by atoms with E-state index in [2.05, 4.69) is 9.73 Å². The molecular weight excluding hydrogens is 340 g/mol. The number of cyclic esters (lactones) is 1. The van der Waals surface area contributed by atoms with Crippen LogP contribution in [0.5, 0.6) is 5.75 Å². The van der Waals surface area contributed by atoms with Gasteiger partial charge in [-0.25, -0.2) is 9.79 Å². The summed E-state index contributed by atoms with van der Waals surface area (Å²) >= 11 is 6.05. The van der Waals surface area contributed by atoms with Crippen molar-refractivity contribution in [2.24, 2.45) is 4.99 Å². The molecule has 0 aromatic heterocycles. The van der Waals surface area contributed by atoms with Crippen molar-refractivity contribution in [1.29, 1.82) is 0 Å². The molecule has 0 atom stereocenters. The Kier molecular flexibility index (Phi) is 4.57. The lowest BCUT2D eigenvalue weighted by Gasteiger charge is -2.07. The molecule has 24 heavy (non-hydrogen) atoms. The smallest absolute Gasteiger partial charge is 0.387 e. The minimum atomic E-state index is -2.97. The fourth-order valence-electron chi connectivity index (χ4n) is 2.11. The molecule has 1 aliphatic heterocycles. The molecule has 0 saturated heterocycles. The summed E-state index contributed by atoms with van der Waals surface area (Å²) in [6, 6.07) is 12.8. The lowest BCUT2D eigenvalue weighted by molar-refractivity contribution is -0.129. The molecule has 1 aliphatic rings. The minimum Gasteiger partial charge on any atom is -0.434 e. The molecule has 2 aromatic rings. The summed E-state index contributed by atoms with van der Waals surface area (Å²) in [6.07, 6.45) is 1.32. The standard InChI is InChI=1S/C17H10ClF2NO3/c18-12-7-3-2-6-11(12)15-21-13(16(22)24-15)9-10-5-1-4-8-14(10)23-17(19)20/h1-9,17H/b13-9-. The molecule has 0 spiro atoms. The maximum absolute atomic E-state index is 12.4. The summed E-state index contributed by atoms with van der Waals surface area (Å²) in [5.74, 6) is -0.699. The molecule has 1 heterocycles. The van der Waals surface area contributed by atoms with Gasteiger partial charge in [0.1, 0.15) is 5.75 Å². The van der Waals surface area contributed by atoms with Crippen LogP contribution in [0.3, 0.4) is 0 Å². The van der Waals surface area contributed by atoms with Crippen molar-refractivity contribution in [2.75, 3.05) is 0 Å². The molecule has 122 valence electrons. The van der Waals surface area contributed by atoms with Gasteiger partial charge in [0.2, 0.25) is 5.90 Å². The van der Waals surface area contributed by atoms with Gasteiger partial charge in [-0.3, -0.25) is 0 Å². The zero-order chi connectivity index (χ0) is 17.1. The van der Waals surface area contributed by atoms with E-state index in [0.29, 0.717) is 10.6 Å². The van der Waals surface area contributed by atoms with Gasteiger partial charge in [-0.1, -0.05) is 41.9 Å². The second kappa shape index (κ2) is 6.80. The number of hydrogen-bond acceptors (Lipinski definition) is 4. The molecule has 7 heteroatoms. The van der Waals surface area contributed by atoms with Crippen LogP contribution in [-0.2, 0) is 9.53 Å². The van der Waals surface area contributed by atoms with Gasteiger partial charge < -0.3 is 9.47 Å². The largest absolute Gasteiger partial charge is 0.434 e. The van der Waals surface area contributed by atoms with Crippen LogP contribution in [0.2, 0.25) is 5.02 Å². The molecule has 0 amide bonds. The van der Waals surface area contributed by atoms with Gasteiger partial charge in [-0.2, -0.15) is 8.78 Å².